The van der Waals surface area contributed by atoms with E-state index >= 15 is 0 Å². The molecule has 0 spiro atoms. The first kappa shape index (κ1) is 16.0. The Morgan fingerprint density at radius 3 is 2.83 bits per heavy atom. The van der Waals surface area contributed by atoms with Crippen LogP contribution in [0.25, 0.3) is 10.9 Å². The van der Waals surface area contributed by atoms with Crippen molar-refractivity contribution < 1.29 is 17.9 Å². The van der Waals surface area contributed by atoms with Crippen LogP contribution in [0.15, 0.2) is 23.0 Å². The van der Waals surface area contributed by atoms with Gasteiger partial charge in [-0.2, -0.15) is 13.2 Å². The molecule has 1 N–H and O–H groups in total. The van der Waals surface area contributed by atoms with Crippen molar-refractivity contribution in [3.05, 3.63) is 39.9 Å². The topological polar surface area (TPSA) is 55.0 Å². The van der Waals surface area contributed by atoms with Crippen LogP contribution in [0.1, 0.15) is 37.1 Å². The van der Waals surface area contributed by atoms with Crippen molar-refractivity contribution in [2.24, 2.45) is 0 Å². The Labute approximate surface area is 130 Å². The van der Waals surface area contributed by atoms with Crippen LogP contribution in [0.5, 0.6) is 0 Å². The lowest BCUT2D eigenvalue weighted by atomic mass is 10.0. The Bertz CT molecular complexity index is 749. The molecule has 0 saturated carbocycles. The van der Waals surface area contributed by atoms with Crippen LogP contribution < -0.4 is 5.56 Å². The number of benzene rings is 1. The highest BCUT2D eigenvalue weighted by molar-refractivity contribution is 5.78. The summed E-state index contributed by atoms with van der Waals surface area (Å²) in [5, 5.41) is 0.163. The largest absolute Gasteiger partial charge is 0.416 e. The van der Waals surface area contributed by atoms with Crippen LogP contribution in [0, 0.1) is 0 Å². The summed E-state index contributed by atoms with van der Waals surface area (Å²) in [7, 11) is 0. The normalized spacial score (nSPS) is 19.2. The first-order valence-corrected chi connectivity index (χ1v) is 7.65. The Kier molecular flexibility index (Phi) is 4.39. The molecule has 7 heteroatoms. The van der Waals surface area contributed by atoms with Gasteiger partial charge in [-0.3, -0.25) is 4.79 Å². The maximum absolute atomic E-state index is 12.8. The van der Waals surface area contributed by atoms with Crippen LogP contribution in [-0.4, -0.2) is 22.7 Å². The lowest BCUT2D eigenvalue weighted by molar-refractivity contribution is -0.137. The fraction of sp³-hybridized carbons (Fsp3) is 0.500. The summed E-state index contributed by atoms with van der Waals surface area (Å²) < 4.78 is 43.9. The Balaban J connectivity index is 1.84. The fourth-order valence-electron chi connectivity index (χ4n) is 2.82. The predicted molar refractivity (Wildman–Crippen MR) is 79.3 cm³/mol. The van der Waals surface area contributed by atoms with Gasteiger partial charge in [-0.1, -0.05) is 0 Å². The van der Waals surface area contributed by atoms with Gasteiger partial charge in [0.2, 0.25) is 0 Å². The molecule has 1 aliphatic heterocycles. The number of aryl methyl sites for hydroxylation is 1. The van der Waals surface area contributed by atoms with Crippen molar-refractivity contribution >= 4 is 10.9 Å². The number of halogens is 3. The molecule has 1 aromatic carbocycles. The number of nitrogens with zero attached hydrogens (tertiary/aromatic N) is 1. The number of rotatable bonds is 3. The lowest BCUT2D eigenvalue weighted by Gasteiger charge is -2.22. The maximum atomic E-state index is 12.8. The monoisotopic (exact) mass is 326 g/mol. The molecule has 0 bridgehead atoms. The van der Waals surface area contributed by atoms with E-state index in [1.165, 1.54) is 0 Å². The molecule has 124 valence electrons. The van der Waals surface area contributed by atoms with Gasteiger partial charge in [0.15, 0.2) is 0 Å². The summed E-state index contributed by atoms with van der Waals surface area (Å²) in [6.07, 6.45) is -0.000986. The van der Waals surface area contributed by atoms with E-state index in [-0.39, 0.29) is 17.0 Å². The smallest absolute Gasteiger partial charge is 0.378 e. The number of ether oxygens (including phenoxy) is 1. The molecule has 1 aromatic heterocycles. The molecule has 2 aromatic rings. The van der Waals surface area contributed by atoms with Crippen molar-refractivity contribution in [1.29, 1.82) is 0 Å². The van der Waals surface area contributed by atoms with Gasteiger partial charge in [0, 0.05) is 13.0 Å². The van der Waals surface area contributed by atoms with E-state index in [0.29, 0.717) is 18.7 Å². The number of alkyl halides is 3. The van der Waals surface area contributed by atoms with Crippen molar-refractivity contribution in [2.45, 2.75) is 44.4 Å². The Hall–Kier alpha value is -1.89. The van der Waals surface area contributed by atoms with Gasteiger partial charge in [0.1, 0.15) is 5.82 Å². The minimum Gasteiger partial charge on any atom is -0.378 e. The molecular weight excluding hydrogens is 309 g/mol. The standard InChI is InChI=1S/C16H17F3N2O2/c17-16(18,19)10-4-6-12-13(9-10)20-14(21-15(12)22)7-5-11-3-1-2-8-23-11/h4,6,9,11H,1-3,5,7-8H2,(H,20,21,22). The van der Waals surface area contributed by atoms with Crippen LogP contribution in [0.3, 0.4) is 0 Å². The zero-order chi connectivity index (χ0) is 16.4. The summed E-state index contributed by atoms with van der Waals surface area (Å²) in [6.45, 7) is 0.737. The minimum absolute atomic E-state index is 0.0723. The highest BCUT2D eigenvalue weighted by Crippen LogP contribution is 2.30. The molecule has 2 heterocycles. The van der Waals surface area contributed by atoms with Crippen molar-refractivity contribution in [3.8, 4) is 0 Å². The predicted octanol–water partition coefficient (Wildman–Crippen LogP) is 3.44. The van der Waals surface area contributed by atoms with Crippen molar-refractivity contribution in [3.63, 3.8) is 0 Å². The van der Waals surface area contributed by atoms with E-state index in [2.05, 4.69) is 9.97 Å². The maximum Gasteiger partial charge on any atom is 0.416 e. The van der Waals surface area contributed by atoms with E-state index in [9.17, 15) is 18.0 Å². The zero-order valence-corrected chi connectivity index (χ0v) is 12.4. The highest BCUT2D eigenvalue weighted by Gasteiger charge is 2.30. The van der Waals surface area contributed by atoms with E-state index in [4.69, 9.17) is 4.74 Å². The number of H-pyrrole nitrogens is 1. The third-order valence-corrected chi connectivity index (χ3v) is 4.06. The summed E-state index contributed by atoms with van der Waals surface area (Å²) in [5.74, 6) is 0.399. The summed E-state index contributed by atoms with van der Waals surface area (Å²) in [4.78, 5) is 18.8. The van der Waals surface area contributed by atoms with Gasteiger partial charge < -0.3 is 9.72 Å². The van der Waals surface area contributed by atoms with Crippen molar-refractivity contribution in [2.75, 3.05) is 6.61 Å². The number of aromatic amines is 1. The second-order valence-electron chi connectivity index (χ2n) is 5.77. The van der Waals surface area contributed by atoms with Crippen LogP contribution in [-0.2, 0) is 17.3 Å². The average Bonchev–Trinajstić information content (AvgIpc) is 2.52. The zero-order valence-electron chi connectivity index (χ0n) is 12.4. The summed E-state index contributed by atoms with van der Waals surface area (Å²) >= 11 is 0. The number of nitrogens with one attached hydrogen (secondary N) is 1. The molecule has 1 unspecified atom stereocenters. The van der Waals surface area contributed by atoms with Gasteiger partial charge in [-0.05, 0) is 43.9 Å². The highest BCUT2D eigenvalue weighted by atomic mass is 19.4. The van der Waals surface area contributed by atoms with Gasteiger partial charge in [-0.25, -0.2) is 4.98 Å². The van der Waals surface area contributed by atoms with Gasteiger partial charge >= 0.3 is 6.18 Å². The molecule has 1 aliphatic rings. The van der Waals surface area contributed by atoms with Gasteiger partial charge in [0.05, 0.1) is 22.6 Å². The number of fused-ring (bicyclic) bond motifs is 1. The van der Waals surface area contributed by atoms with Crippen LogP contribution in [0.4, 0.5) is 13.2 Å². The Morgan fingerprint density at radius 2 is 2.13 bits per heavy atom. The molecule has 0 radical (unpaired) electrons. The molecule has 1 fully saturated rings. The summed E-state index contributed by atoms with van der Waals surface area (Å²) in [5.41, 5.74) is -1.14. The molecule has 4 nitrogen and oxygen atoms in total. The van der Waals surface area contributed by atoms with E-state index in [1.807, 2.05) is 0 Å². The molecule has 3 rings (SSSR count). The molecular formula is C16H17F3N2O2. The van der Waals surface area contributed by atoms with E-state index < -0.39 is 17.3 Å². The second-order valence-corrected chi connectivity index (χ2v) is 5.77. The fourth-order valence-corrected chi connectivity index (χ4v) is 2.82. The number of aromatic nitrogens is 2. The van der Waals surface area contributed by atoms with Crippen LogP contribution in [0.2, 0.25) is 0 Å². The SMILES string of the molecule is O=c1[nH]c(CCC2CCCCO2)nc2cc(C(F)(F)F)ccc12. The van der Waals surface area contributed by atoms with Gasteiger partial charge in [-0.15, -0.1) is 0 Å². The van der Waals surface area contributed by atoms with Crippen molar-refractivity contribution in [1.82, 2.24) is 9.97 Å². The first-order valence-electron chi connectivity index (χ1n) is 7.65. The third-order valence-electron chi connectivity index (χ3n) is 4.06. The molecule has 23 heavy (non-hydrogen) atoms. The molecule has 0 amide bonds. The number of hydrogen-bond donors (Lipinski definition) is 1. The van der Waals surface area contributed by atoms with E-state index in [0.717, 1.165) is 44.1 Å². The quantitative estimate of drug-likeness (QED) is 0.940. The first-order chi connectivity index (χ1) is 10.9. The third kappa shape index (κ3) is 3.72. The average molecular weight is 326 g/mol. The van der Waals surface area contributed by atoms with E-state index in [1.54, 1.807) is 0 Å². The molecule has 1 saturated heterocycles. The summed E-state index contributed by atoms with van der Waals surface area (Å²) in [6, 6.07) is 2.98. The Morgan fingerprint density at radius 1 is 1.30 bits per heavy atom. The second kappa shape index (κ2) is 6.31. The lowest BCUT2D eigenvalue weighted by Crippen LogP contribution is -2.21. The number of hydrogen-bond acceptors (Lipinski definition) is 3. The molecule has 0 aliphatic carbocycles. The molecule has 1 atom stereocenters. The van der Waals surface area contributed by atoms with Gasteiger partial charge in [0.25, 0.3) is 5.56 Å². The minimum atomic E-state index is -4.45. The van der Waals surface area contributed by atoms with Crippen LogP contribution >= 0.6 is 0 Å².